The van der Waals surface area contributed by atoms with Crippen molar-refractivity contribution in [2.45, 2.75) is 12.8 Å². The van der Waals surface area contributed by atoms with Crippen LogP contribution < -0.4 is 5.32 Å². The fraction of sp³-hybridized carbons (Fsp3) is 0.562. The summed E-state index contributed by atoms with van der Waals surface area (Å²) in [5.41, 5.74) is 1.70. The van der Waals surface area contributed by atoms with Crippen molar-refractivity contribution in [1.82, 2.24) is 9.80 Å². The Bertz CT molecular complexity index is 476. The maximum absolute atomic E-state index is 12.6. The Balaban J connectivity index is 1.60. The summed E-state index contributed by atoms with van der Waals surface area (Å²) in [6.45, 7) is 4.97. The highest BCUT2D eigenvalue weighted by Crippen LogP contribution is 2.30. The summed E-state index contributed by atoms with van der Waals surface area (Å²) in [7, 11) is 1.86. The van der Waals surface area contributed by atoms with Crippen LogP contribution >= 0.6 is 0 Å². The number of carbonyl (C=O) groups is 1. The van der Waals surface area contributed by atoms with Crippen molar-refractivity contribution >= 4 is 11.6 Å². The fourth-order valence-electron chi connectivity index (χ4n) is 2.86. The van der Waals surface area contributed by atoms with Gasteiger partial charge in [-0.1, -0.05) is 12.1 Å². The van der Waals surface area contributed by atoms with Gasteiger partial charge in [-0.3, -0.25) is 9.69 Å². The molecule has 0 atom stereocenters. The van der Waals surface area contributed by atoms with E-state index >= 15 is 0 Å². The van der Waals surface area contributed by atoms with Gasteiger partial charge in [-0.25, -0.2) is 0 Å². The van der Waals surface area contributed by atoms with Crippen LogP contribution in [0.2, 0.25) is 0 Å². The monoisotopic (exact) mass is 273 g/mol. The lowest BCUT2D eigenvalue weighted by Crippen LogP contribution is -2.49. The molecule has 1 aliphatic carbocycles. The Kier molecular flexibility index (Phi) is 3.92. The van der Waals surface area contributed by atoms with E-state index in [9.17, 15) is 4.79 Å². The highest BCUT2D eigenvalue weighted by molar-refractivity contribution is 5.99. The topological polar surface area (TPSA) is 35.6 Å². The number of hydrogen-bond acceptors (Lipinski definition) is 3. The van der Waals surface area contributed by atoms with E-state index in [1.807, 2.05) is 36.2 Å². The maximum Gasteiger partial charge on any atom is 0.256 e. The summed E-state index contributed by atoms with van der Waals surface area (Å²) in [6, 6.07) is 7.74. The average molecular weight is 273 g/mol. The van der Waals surface area contributed by atoms with Crippen LogP contribution in [0.3, 0.4) is 0 Å². The van der Waals surface area contributed by atoms with E-state index in [-0.39, 0.29) is 5.91 Å². The number of hydrogen-bond donors (Lipinski definition) is 1. The van der Waals surface area contributed by atoms with E-state index in [0.717, 1.165) is 43.3 Å². The van der Waals surface area contributed by atoms with Crippen molar-refractivity contribution in [2.24, 2.45) is 5.92 Å². The largest absolute Gasteiger partial charge is 0.387 e. The Morgan fingerprint density at radius 2 is 1.90 bits per heavy atom. The van der Waals surface area contributed by atoms with Crippen molar-refractivity contribution in [1.29, 1.82) is 0 Å². The Morgan fingerprint density at radius 1 is 1.20 bits per heavy atom. The highest BCUT2D eigenvalue weighted by Gasteiger charge is 2.28. The van der Waals surface area contributed by atoms with Gasteiger partial charge >= 0.3 is 0 Å². The molecule has 2 aliphatic rings. The molecule has 2 fully saturated rings. The number of anilines is 1. The van der Waals surface area contributed by atoms with Gasteiger partial charge in [0, 0.05) is 45.5 Å². The van der Waals surface area contributed by atoms with E-state index in [0.29, 0.717) is 0 Å². The first-order chi connectivity index (χ1) is 9.78. The third kappa shape index (κ3) is 2.96. The molecule has 1 aliphatic heterocycles. The smallest absolute Gasteiger partial charge is 0.256 e. The zero-order chi connectivity index (χ0) is 13.9. The fourth-order valence-corrected chi connectivity index (χ4v) is 2.86. The Hall–Kier alpha value is -1.55. The summed E-state index contributed by atoms with van der Waals surface area (Å²) < 4.78 is 0. The first kappa shape index (κ1) is 13.4. The minimum Gasteiger partial charge on any atom is -0.387 e. The summed E-state index contributed by atoms with van der Waals surface area (Å²) in [4.78, 5) is 17.1. The predicted octanol–water partition coefficient (Wildman–Crippen LogP) is 1.90. The van der Waals surface area contributed by atoms with Crippen molar-refractivity contribution in [3.63, 3.8) is 0 Å². The molecule has 20 heavy (non-hydrogen) atoms. The normalized spacial score (nSPS) is 19.9. The number of para-hydroxylation sites is 1. The first-order valence-corrected chi connectivity index (χ1v) is 7.56. The third-order valence-electron chi connectivity index (χ3n) is 4.30. The molecule has 0 radical (unpaired) electrons. The van der Waals surface area contributed by atoms with Crippen LogP contribution in [0.4, 0.5) is 5.69 Å². The second-order valence-corrected chi connectivity index (χ2v) is 5.83. The minimum atomic E-state index is 0.154. The van der Waals surface area contributed by atoms with E-state index in [4.69, 9.17) is 0 Å². The number of nitrogens with one attached hydrogen (secondary N) is 1. The van der Waals surface area contributed by atoms with Gasteiger partial charge in [-0.15, -0.1) is 0 Å². The second kappa shape index (κ2) is 5.83. The van der Waals surface area contributed by atoms with Crippen LogP contribution in [-0.4, -0.2) is 55.5 Å². The third-order valence-corrected chi connectivity index (χ3v) is 4.30. The molecule has 108 valence electrons. The molecule has 1 aromatic carbocycles. The lowest BCUT2D eigenvalue weighted by atomic mass is 10.1. The van der Waals surface area contributed by atoms with Gasteiger partial charge in [0.05, 0.1) is 5.56 Å². The van der Waals surface area contributed by atoms with Crippen molar-refractivity contribution < 1.29 is 4.79 Å². The summed E-state index contributed by atoms with van der Waals surface area (Å²) in [6.07, 6.45) is 2.80. The molecular weight excluding hydrogens is 250 g/mol. The molecule has 0 unspecified atom stereocenters. The molecule has 0 aromatic heterocycles. The Labute approximate surface area is 120 Å². The van der Waals surface area contributed by atoms with Crippen LogP contribution in [0.15, 0.2) is 24.3 Å². The van der Waals surface area contributed by atoms with Crippen molar-refractivity contribution in [2.75, 3.05) is 45.1 Å². The minimum absolute atomic E-state index is 0.154. The number of nitrogens with zero attached hydrogens (tertiary/aromatic N) is 2. The lowest BCUT2D eigenvalue weighted by Gasteiger charge is -2.35. The molecule has 0 bridgehead atoms. The molecule has 1 heterocycles. The standard InChI is InChI=1S/C16H23N3O/c1-17-15-5-3-2-4-14(15)16(20)19-10-8-18(9-11-19)12-13-6-7-13/h2-5,13,17H,6-12H2,1H3. The zero-order valence-corrected chi connectivity index (χ0v) is 12.1. The zero-order valence-electron chi connectivity index (χ0n) is 12.1. The van der Waals surface area contributed by atoms with Crippen LogP contribution in [0, 0.1) is 5.92 Å². The van der Waals surface area contributed by atoms with Gasteiger partial charge < -0.3 is 10.2 Å². The molecule has 1 saturated heterocycles. The summed E-state index contributed by atoms with van der Waals surface area (Å²) >= 11 is 0. The van der Waals surface area contributed by atoms with Crippen LogP contribution in [0.25, 0.3) is 0 Å². The number of piperazine rings is 1. The quantitative estimate of drug-likeness (QED) is 0.910. The molecular formula is C16H23N3O. The van der Waals surface area contributed by atoms with Gasteiger partial charge in [0.15, 0.2) is 0 Å². The van der Waals surface area contributed by atoms with Crippen LogP contribution in [-0.2, 0) is 0 Å². The number of amides is 1. The SMILES string of the molecule is CNc1ccccc1C(=O)N1CCN(CC2CC2)CC1. The number of rotatable bonds is 4. The molecule has 1 aromatic rings. The number of benzene rings is 1. The van der Waals surface area contributed by atoms with Gasteiger partial charge in [-0.05, 0) is 30.9 Å². The molecule has 4 nitrogen and oxygen atoms in total. The predicted molar refractivity (Wildman–Crippen MR) is 81.1 cm³/mol. The molecule has 1 saturated carbocycles. The second-order valence-electron chi connectivity index (χ2n) is 5.83. The van der Waals surface area contributed by atoms with Crippen molar-refractivity contribution in [3.8, 4) is 0 Å². The first-order valence-electron chi connectivity index (χ1n) is 7.56. The van der Waals surface area contributed by atoms with Gasteiger partial charge in [-0.2, -0.15) is 0 Å². The average Bonchev–Trinajstić information content (AvgIpc) is 3.31. The van der Waals surface area contributed by atoms with E-state index < -0.39 is 0 Å². The Morgan fingerprint density at radius 3 is 2.55 bits per heavy atom. The number of carbonyl (C=O) groups excluding carboxylic acids is 1. The highest BCUT2D eigenvalue weighted by atomic mass is 16.2. The molecule has 1 N–H and O–H groups in total. The molecule has 3 rings (SSSR count). The van der Waals surface area contributed by atoms with Gasteiger partial charge in [0.2, 0.25) is 0 Å². The van der Waals surface area contributed by atoms with Crippen LogP contribution in [0.5, 0.6) is 0 Å². The summed E-state index contributed by atoms with van der Waals surface area (Å²) in [5, 5.41) is 3.10. The van der Waals surface area contributed by atoms with E-state index in [2.05, 4.69) is 10.2 Å². The van der Waals surface area contributed by atoms with E-state index in [1.165, 1.54) is 19.4 Å². The molecule has 1 amide bonds. The van der Waals surface area contributed by atoms with Gasteiger partial charge in [0.1, 0.15) is 0 Å². The van der Waals surface area contributed by atoms with E-state index in [1.54, 1.807) is 0 Å². The van der Waals surface area contributed by atoms with Crippen molar-refractivity contribution in [3.05, 3.63) is 29.8 Å². The molecule has 4 heteroatoms. The maximum atomic E-state index is 12.6. The van der Waals surface area contributed by atoms with Crippen LogP contribution in [0.1, 0.15) is 23.2 Å². The lowest BCUT2D eigenvalue weighted by molar-refractivity contribution is 0.0633. The molecule has 0 spiro atoms. The summed E-state index contributed by atoms with van der Waals surface area (Å²) in [5.74, 6) is 1.09. The van der Waals surface area contributed by atoms with Gasteiger partial charge in [0.25, 0.3) is 5.91 Å².